The second-order valence-electron chi connectivity index (χ2n) is 3.17. The Morgan fingerprint density at radius 2 is 2.12 bits per heavy atom. The van der Waals surface area contributed by atoms with Gasteiger partial charge in [0.15, 0.2) is 11.6 Å². The van der Waals surface area contributed by atoms with Crippen LogP contribution in [-0.4, -0.2) is 20.9 Å². The quantitative estimate of drug-likeness (QED) is 0.877. The third-order valence-electron chi connectivity index (χ3n) is 2.17. The molecule has 84 valence electrons. The first kappa shape index (κ1) is 11.0. The lowest BCUT2D eigenvalue weighted by molar-refractivity contribution is 0.0691. The largest absolute Gasteiger partial charge is 0.478 e. The van der Waals surface area contributed by atoms with Gasteiger partial charge in [-0.05, 0) is 22.0 Å². The molecule has 0 saturated heterocycles. The summed E-state index contributed by atoms with van der Waals surface area (Å²) < 4.78 is 28.5. The molecule has 0 aliphatic carbocycles. The fourth-order valence-electron chi connectivity index (χ4n) is 1.40. The second-order valence-corrected chi connectivity index (χ2v) is 3.92. The van der Waals surface area contributed by atoms with Crippen LogP contribution >= 0.6 is 15.9 Å². The van der Waals surface area contributed by atoms with E-state index in [-0.39, 0.29) is 10.9 Å². The van der Waals surface area contributed by atoms with Gasteiger partial charge in [0, 0.05) is 12.4 Å². The lowest BCUT2D eigenvalue weighted by atomic mass is 10.1. The molecule has 2 rings (SSSR count). The van der Waals surface area contributed by atoms with Gasteiger partial charge in [-0.1, -0.05) is 0 Å². The van der Waals surface area contributed by atoms with Gasteiger partial charge in [0.2, 0.25) is 0 Å². The second kappa shape index (κ2) is 3.51. The van der Waals surface area contributed by atoms with Crippen LogP contribution in [0.2, 0.25) is 0 Å². The van der Waals surface area contributed by atoms with Gasteiger partial charge in [-0.3, -0.25) is 4.68 Å². The van der Waals surface area contributed by atoms with Crippen LogP contribution in [0.1, 0.15) is 10.4 Å². The molecule has 1 N–H and O–H groups in total. The lowest BCUT2D eigenvalue weighted by Crippen LogP contribution is -2.03. The van der Waals surface area contributed by atoms with E-state index in [4.69, 9.17) is 5.11 Å². The number of hydrogen-bond donors (Lipinski definition) is 1. The van der Waals surface area contributed by atoms with E-state index in [0.717, 1.165) is 6.07 Å². The molecule has 1 heterocycles. The summed E-state index contributed by atoms with van der Waals surface area (Å²) in [5, 5.41) is 12.7. The molecule has 0 aliphatic rings. The first-order valence-corrected chi connectivity index (χ1v) is 4.96. The van der Waals surface area contributed by atoms with Crippen molar-refractivity contribution in [3.8, 4) is 0 Å². The van der Waals surface area contributed by atoms with Gasteiger partial charge in [-0.2, -0.15) is 5.10 Å². The summed E-state index contributed by atoms with van der Waals surface area (Å²) in [6, 6.07) is 1.05. The highest BCUT2D eigenvalue weighted by Gasteiger charge is 2.22. The lowest BCUT2D eigenvalue weighted by Gasteiger charge is -1.99. The highest BCUT2D eigenvalue weighted by molar-refractivity contribution is 9.10. The Morgan fingerprint density at radius 1 is 1.50 bits per heavy atom. The molecule has 0 amide bonds. The number of carboxylic acids is 1. The van der Waals surface area contributed by atoms with Crippen molar-refractivity contribution in [3.63, 3.8) is 0 Å². The summed E-state index contributed by atoms with van der Waals surface area (Å²) in [6.45, 7) is 0. The van der Waals surface area contributed by atoms with Crippen molar-refractivity contribution in [1.82, 2.24) is 9.78 Å². The number of rotatable bonds is 1. The molecule has 0 atom stereocenters. The standard InChI is InChI=1S/C9H5BrF2N2O2/c1-14-8(10)4-2-3(9(15)16)5(11)6(12)7(4)13-14/h2H,1H3,(H,15,16). The molecule has 0 unspecified atom stereocenters. The smallest absolute Gasteiger partial charge is 0.338 e. The van der Waals surface area contributed by atoms with Crippen LogP contribution in [0, 0.1) is 11.6 Å². The molecular formula is C9H5BrF2N2O2. The number of aryl methyl sites for hydroxylation is 1. The van der Waals surface area contributed by atoms with Crippen molar-refractivity contribution in [2.24, 2.45) is 7.05 Å². The van der Waals surface area contributed by atoms with Crippen molar-refractivity contribution in [2.75, 3.05) is 0 Å². The van der Waals surface area contributed by atoms with Crippen LogP contribution in [0.4, 0.5) is 8.78 Å². The Kier molecular flexibility index (Phi) is 2.42. The number of aromatic nitrogens is 2. The molecule has 0 aliphatic heterocycles. The predicted octanol–water partition coefficient (Wildman–Crippen LogP) is 2.31. The fraction of sp³-hybridized carbons (Fsp3) is 0.111. The Hall–Kier alpha value is -1.50. The van der Waals surface area contributed by atoms with E-state index in [2.05, 4.69) is 21.0 Å². The number of halogens is 3. The van der Waals surface area contributed by atoms with Crippen LogP contribution in [0.25, 0.3) is 10.9 Å². The van der Waals surface area contributed by atoms with E-state index in [1.807, 2.05) is 0 Å². The van der Waals surface area contributed by atoms with Gasteiger partial charge in [0.1, 0.15) is 10.1 Å². The molecule has 1 aromatic heterocycles. The van der Waals surface area contributed by atoms with E-state index >= 15 is 0 Å². The van der Waals surface area contributed by atoms with E-state index in [0.29, 0.717) is 4.60 Å². The number of carboxylic acid groups (broad SMARTS) is 1. The maximum atomic E-state index is 13.5. The van der Waals surface area contributed by atoms with Gasteiger partial charge in [-0.25, -0.2) is 13.6 Å². The first-order chi connectivity index (χ1) is 7.43. The van der Waals surface area contributed by atoms with Crippen molar-refractivity contribution >= 4 is 32.8 Å². The summed E-state index contributed by atoms with van der Waals surface area (Å²) >= 11 is 3.11. The summed E-state index contributed by atoms with van der Waals surface area (Å²) in [7, 11) is 1.53. The van der Waals surface area contributed by atoms with Crippen LogP contribution in [-0.2, 0) is 7.05 Å². The van der Waals surface area contributed by atoms with Gasteiger partial charge in [0.25, 0.3) is 0 Å². The molecule has 0 saturated carbocycles. The van der Waals surface area contributed by atoms with E-state index in [1.54, 1.807) is 0 Å². The maximum Gasteiger partial charge on any atom is 0.338 e. The summed E-state index contributed by atoms with van der Waals surface area (Å²) in [6.07, 6.45) is 0. The monoisotopic (exact) mass is 290 g/mol. The zero-order chi connectivity index (χ0) is 12.0. The molecule has 0 bridgehead atoms. The molecule has 7 heteroatoms. The third-order valence-corrected chi connectivity index (χ3v) is 3.11. The minimum atomic E-state index is -1.52. The zero-order valence-corrected chi connectivity index (χ0v) is 9.55. The highest BCUT2D eigenvalue weighted by Crippen LogP contribution is 2.28. The molecule has 0 spiro atoms. The van der Waals surface area contributed by atoms with Gasteiger partial charge >= 0.3 is 5.97 Å². The molecule has 4 nitrogen and oxygen atoms in total. The van der Waals surface area contributed by atoms with Crippen molar-refractivity contribution < 1.29 is 18.7 Å². The normalized spacial score (nSPS) is 11.0. The average molecular weight is 291 g/mol. The average Bonchev–Trinajstić information content (AvgIpc) is 2.50. The van der Waals surface area contributed by atoms with Crippen molar-refractivity contribution in [2.45, 2.75) is 0 Å². The number of fused-ring (bicyclic) bond motifs is 1. The van der Waals surface area contributed by atoms with E-state index in [1.165, 1.54) is 11.7 Å². The number of carbonyl (C=O) groups is 1. The first-order valence-electron chi connectivity index (χ1n) is 4.17. The summed E-state index contributed by atoms with van der Waals surface area (Å²) in [4.78, 5) is 10.7. The Morgan fingerprint density at radius 3 is 2.69 bits per heavy atom. The molecular weight excluding hydrogens is 286 g/mol. The minimum absolute atomic E-state index is 0.197. The third kappa shape index (κ3) is 1.39. The Labute approximate surface area is 96.6 Å². The fourth-order valence-corrected chi connectivity index (χ4v) is 1.78. The maximum absolute atomic E-state index is 13.5. The molecule has 0 fully saturated rings. The zero-order valence-electron chi connectivity index (χ0n) is 7.96. The van der Waals surface area contributed by atoms with Crippen LogP contribution in [0.5, 0.6) is 0 Å². The van der Waals surface area contributed by atoms with Gasteiger partial charge in [0.05, 0.1) is 5.56 Å². The van der Waals surface area contributed by atoms with Crippen LogP contribution < -0.4 is 0 Å². The number of aromatic carboxylic acids is 1. The number of nitrogens with zero attached hydrogens (tertiary/aromatic N) is 2. The van der Waals surface area contributed by atoms with Crippen molar-refractivity contribution in [1.29, 1.82) is 0 Å². The molecule has 1 aromatic carbocycles. The topological polar surface area (TPSA) is 55.1 Å². The molecule has 16 heavy (non-hydrogen) atoms. The molecule has 0 radical (unpaired) electrons. The Balaban J connectivity index is 2.94. The van der Waals surface area contributed by atoms with Gasteiger partial charge < -0.3 is 5.11 Å². The summed E-state index contributed by atoms with van der Waals surface area (Å²) in [5.41, 5.74) is -0.907. The van der Waals surface area contributed by atoms with Crippen LogP contribution in [0.15, 0.2) is 10.7 Å². The Bertz CT molecular complexity index is 609. The molecule has 2 aromatic rings. The predicted molar refractivity (Wildman–Crippen MR) is 55.3 cm³/mol. The highest BCUT2D eigenvalue weighted by atomic mass is 79.9. The van der Waals surface area contributed by atoms with E-state index in [9.17, 15) is 13.6 Å². The number of hydrogen-bond acceptors (Lipinski definition) is 2. The van der Waals surface area contributed by atoms with Crippen LogP contribution in [0.3, 0.4) is 0 Å². The summed E-state index contributed by atoms with van der Waals surface area (Å²) in [5.74, 6) is -4.17. The minimum Gasteiger partial charge on any atom is -0.478 e. The van der Waals surface area contributed by atoms with Gasteiger partial charge in [-0.15, -0.1) is 0 Å². The number of benzene rings is 1. The van der Waals surface area contributed by atoms with E-state index < -0.39 is 23.2 Å². The van der Waals surface area contributed by atoms with Crippen molar-refractivity contribution in [3.05, 3.63) is 27.9 Å². The SMILES string of the molecule is Cn1nc2c(F)c(F)c(C(=O)O)cc2c1Br.